The van der Waals surface area contributed by atoms with Crippen LogP contribution in [-0.4, -0.2) is 187 Å². The minimum atomic E-state index is -2.11. The number of aromatic hydroxyl groups is 4. The number of ether oxygens (including phenoxy) is 10. The van der Waals surface area contributed by atoms with Crippen molar-refractivity contribution in [2.45, 2.75) is 222 Å². The first-order chi connectivity index (χ1) is 47.8. The number of phenolic OH excluding ortho intramolecular Hbond substituents is 4. The SMILES string of the molecule is C=C(C)[C@]1(C)Cc2c(O)c3c(c(O)c2[C@@H](OC2CC(N=[N+]=[N-])C(OC4CC(C)(O)C(O)C(C)O4)C(C)O2)C1)C(=O)c1c(OC)cccc1C3=O.COc1cccc2c1C(=O)c1c(O)c3c(c(O)c1C2=O)C[C@@](O)(C(C)=O)C[C@@H]3OC1CC(N=[N+]=[N-])C(OC2CC(N=[N+]=[N-])C(O)C(C)O2)C(C)O1. The number of rotatable bonds is 15. The van der Waals surface area contributed by atoms with Gasteiger partial charge >= 0.3 is 0 Å². The summed E-state index contributed by atoms with van der Waals surface area (Å²) < 4.78 is 59.8. The Kier molecular flexibility index (Phi) is 20.5. The maximum Gasteiger partial charge on any atom is 0.202 e. The highest BCUT2D eigenvalue weighted by atomic mass is 16.7. The molecule has 8 N–H and O–H groups in total. The number of nitrogens with zero attached hydrogens (tertiary/aromatic N) is 9. The summed E-state index contributed by atoms with van der Waals surface area (Å²) in [4.78, 5) is 76.9. The van der Waals surface area contributed by atoms with Crippen molar-refractivity contribution in [1.82, 2.24) is 0 Å². The number of methoxy groups -OCH3 is 2. The van der Waals surface area contributed by atoms with Gasteiger partial charge in [0.25, 0.3) is 0 Å². The average Bonchev–Trinajstić information content (AvgIpc) is 0.716. The fourth-order valence-electron chi connectivity index (χ4n) is 15.2. The summed E-state index contributed by atoms with van der Waals surface area (Å²) in [7, 11) is 2.69. The van der Waals surface area contributed by atoms with Crippen LogP contribution in [0.5, 0.6) is 34.5 Å². The van der Waals surface area contributed by atoms with E-state index in [-0.39, 0.29) is 106 Å². The molecule has 12 rings (SSSR count). The molecule has 4 saturated heterocycles. The molecule has 4 aromatic carbocycles. The second-order valence-corrected chi connectivity index (χ2v) is 27.5. The van der Waals surface area contributed by atoms with Gasteiger partial charge in [0.1, 0.15) is 46.2 Å². The highest BCUT2D eigenvalue weighted by Gasteiger charge is 2.53. The molecule has 0 aromatic heterocycles. The number of benzene rings is 4. The highest BCUT2D eigenvalue weighted by Crippen LogP contribution is 2.57. The number of azide groups is 3. The van der Waals surface area contributed by atoms with Crippen LogP contribution in [0.25, 0.3) is 31.3 Å². The number of carbonyl (C=O) groups is 5. The van der Waals surface area contributed by atoms with E-state index in [9.17, 15) is 75.9 Å². The van der Waals surface area contributed by atoms with Gasteiger partial charge in [-0.2, -0.15) is 0 Å². The summed E-state index contributed by atoms with van der Waals surface area (Å²) >= 11 is 0. The zero-order chi connectivity index (χ0) is 73.4. The van der Waals surface area contributed by atoms with E-state index in [1.54, 1.807) is 39.8 Å². The highest BCUT2D eigenvalue weighted by molar-refractivity contribution is 6.32. The molecule has 4 fully saturated rings. The minimum absolute atomic E-state index is 0.00878. The smallest absolute Gasteiger partial charge is 0.202 e. The number of Topliss-reactive ketones (excluding diaryl/α,β-unsaturated/α-hetero) is 1. The van der Waals surface area contributed by atoms with Gasteiger partial charge in [-0.25, -0.2) is 0 Å². The van der Waals surface area contributed by atoms with E-state index in [1.807, 2.05) is 13.8 Å². The van der Waals surface area contributed by atoms with Gasteiger partial charge in [0.2, 0.25) is 11.6 Å². The van der Waals surface area contributed by atoms with E-state index in [0.717, 1.165) is 12.5 Å². The molecule has 4 aliphatic carbocycles. The predicted molar refractivity (Wildman–Crippen MR) is 349 cm³/mol. The molecule has 4 heterocycles. The maximum absolute atomic E-state index is 14.0. The summed E-state index contributed by atoms with van der Waals surface area (Å²) in [5, 5.41) is 101. The van der Waals surface area contributed by atoms with E-state index < -0.39 is 197 Å². The third-order valence-corrected chi connectivity index (χ3v) is 20.9. The third-order valence-electron chi connectivity index (χ3n) is 20.9. The fourth-order valence-corrected chi connectivity index (χ4v) is 15.2. The monoisotopic (exact) mass is 1400 g/mol. The van der Waals surface area contributed by atoms with Gasteiger partial charge in [0.15, 0.2) is 42.5 Å². The first-order valence-electron chi connectivity index (χ1n) is 32.8. The van der Waals surface area contributed by atoms with Crippen molar-refractivity contribution in [3.05, 3.63) is 147 Å². The van der Waals surface area contributed by atoms with Gasteiger partial charge in [-0.1, -0.05) is 58.7 Å². The van der Waals surface area contributed by atoms with E-state index >= 15 is 0 Å². The van der Waals surface area contributed by atoms with Crippen LogP contribution in [0.2, 0.25) is 0 Å². The van der Waals surface area contributed by atoms with Crippen molar-refractivity contribution in [3.63, 3.8) is 0 Å². The van der Waals surface area contributed by atoms with Crippen LogP contribution in [0.15, 0.2) is 63.9 Å². The average molecular weight is 1400 g/mol. The first kappa shape index (κ1) is 73.4. The molecular formula is C69H79N9O23. The molecule has 32 heteroatoms. The zero-order valence-corrected chi connectivity index (χ0v) is 56.9. The number of hydrogen-bond acceptors (Lipinski definition) is 26. The second kappa shape index (κ2) is 28.2. The molecule has 4 aliphatic heterocycles. The molecule has 20 atom stereocenters. The van der Waals surface area contributed by atoms with E-state index in [4.69, 9.17) is 52.9 Å². The first-order valence-corrected chi connectivity index (χ1v) is 32.8. The molecule has 0 saturated carbocycles. The molecule has 4 aromatic rings. The van der Waals surface area contributed by atoms with Crippen molar-refractivity contribution in [2.75, 3.05) is 14.2 Å². The molecule has 0 radical (unpaired) electrons. The number of phenols is 4. The molecule has 538 valence electrons. The number of carbonyl (C=O) groups excluding carboxylic acids is 5. The van der Waals surface area contributed by atoms with Gasteiger partial charge in [-0.3, -0.25) is 24.0 Å². The Morgan fingerprint density at radius 1 is 0.545 bits per heavy atom. The van der Waals surface area contributed by atoms with Crippen LogP contribution in [-0.2, 0) is 55.5 Å². The molecule has 101 heavy (non-hydrogen) atoms. The molecule has 0 bridgehead atoms. The van der Waals surface area contributed by atoms with Crippen molar-refractivity contribution in [1.29, 1.82) is 0 Å². The van der Waals surface area contributed by atoms with Crippen LogP contribution in [0.4, 0.5) is 0 Å². The van der Waals surface area contributed by atoms with Crippen molar-refractivity contribution >= 4 is 28.9 Å². The lowest BCUT2D eigenvalue weighted by molar-refractivity contribution is -0.313. The summed E-state index contributed by atoms with van der Waals surface area (Å²) in [6, 6.07) is 6.37. The van der Waals surface area contributed by atoms with Crippen LogP contribution in [0.3, 0.4) is 0 Å². The lowest BCUT2D eigenvalue weighted by Crippen LogP contribution is -2.57. The van der Waals surface area contributed by atoms with E-state index in [0.29, 0.717) is 0 Å². The number of ketones is 5. The number of allylic oxidation sites excluding steroid dienone is 1. The quantitative estimate of drug-likeness (QED) is 0.0157. The number of aliphatic hydroxyl groups is 4. The van der Waals surface area contributed by atoms with Crippen molar-refractivity contribution in [3.8, 4) is 34.5 Å². The topological polar surface area (TPSA) is 486 Å². The van der Waals surface area contributed by atoms with Crippen molar-refractivity contribution < 1.29 is 112 Å². The Labute approximate surface area is 577 Å². The van der Waals surface area contributed by atoms with Crippen LogP contribution in [0.1, 0.15) is 192 Å². The zero-order valence-electron chi connectivity index (χ0n) is 56.9. The summed E-state index contributed by atoms with van der Waals surface area (Å²) in [6.07, 6.45) is -14.0. The largest absolute Gasteiger partial charge is 0.507 e. The lowest BCUT2D eigenvalue weighted by Gasteiger charge is -2.46. The Morgan fingerprint density at radius 3 is 1.40 bits per heavy atom. The Bertz CT molecular complexity index is 4230. The van der Waals surface area contributed by atoms with Gasteiger partial charge in [-0.15, -0.1) is 0 Å². The number of aliphatic hydroxyl groups excluding tert-OH is 2. The minimum Gasteiger partial charge on any atom is -0.507 e. The fraction of sp³-hybridized carbons (Fsp3) is 0.551. The number of fused-ring (bicyclic) bond motifs is 6. The Hall–Kier alpha value is -8.78. The van der Waals surface area contributed by atoms with Crippen LogP contribution in [0, 0.1) is 5.41 Å². The molecule has 32 nitrogen and oxygen atoms in total. The second-order valence-electron chi connectivity index (χ2n) is 27.5. The van der Waals surface area contributed by atoms with Crippen LogP contribution >= 0.6 is 0 Å². The van der Waals surface area contributed by atoms with Gasteiger partial charge in [0, 0.05) is 86.6 Å². The van der Waals surface area contributed by atoms with Gasteiger partial charge < -0.3 is 88.2 Å². The lowest BCUT2D eigenvalue weighted by atomic mass is 9.66. The summed E-state index contributed by atoms with van der Waals surface area (Å²) in [5.74, 6) is -5.57. The van der Waals surface area contributed by atoms with Gasteiger partial charge in [-0.05, 0) is 95.4 Å². The van der Waals surface area contributed by atoms with Crippen LogP contribution < -0.4 is 9.47 Å². The van der Waals surface area contributed by atoms with E-state index in [2.05, 4.69) is 36.7 Å². The normalized spacial score (nSPS) is 33.9. The molecule has 0 spiro atoms. The van der Waals surface area contributed by atoms with E-state index in [1.165, 1.54) is 45.4 Å². The Morgan fingerprint density at radius 2 is 0.950 bits per heavy atom. The maximum atomic E-state index is 14.0. The molecule has 8 aliphatic rings. The third kappa shape index (κ3) is 13.1. The molecule has 16 unspecified atom stereocenters. The standard InChI is InChI=1S/C36H43N3O11.C33H36N6O12/c1-15(2)35(5)12-19-26(32(43)28-27(30(19)41)29(40)18-9-8-10-21(46-7)25(18)31(28)42)22(13-35)49-23-11-20(38-39-37)33(16(3)47-23)50-24-14-36(6,45)34(44)17(4)48-24;1-12-27(41)17(36-38-34)8-22(48-12)51-32-13(2)49-21(9-18(32)37-39-35)50-20-11-33(46,14(3)40)10-16-24(20)31(45)26-25(29(16)43)28(42)15-6-5-7-19(47-4)23(15)30(26)44/h8-10,16-17,20,22-24,33-34,41,43-45H,1,11-14H2,2-7H3;5-7,12-13,17-18,20-22,27,32,41,43,45-46H,8-11H2,1-4H3/t16?,17?,20?,22-,23?,24?,33?,34?,35+,36?;12?,13?,17?,18?,20-,21?,22?,27?,32?,33-/m00/s1. The summed E-state index contributed by atoms with van der Waals surface area (Å²) in [5.41, 5.74) is 22.7. The molecular weight excluding hydrogens is 1320 g/mol. The predicted octanol–water partition coefficient (Wildman–Crippen LogP) is 8.49. The van der Waals surface area contributed by atoms with Gasteiger partial charge in [0.05, 0.1) is 126 Å². The van der Waals surface area contributed by atoms with Crippen molar-refractivity contribution in [2.24, 2.45) is 20.8 Å². The Balaban J connectivity index is 0.000000203. The summed E-state index contributed by atoms with van der Waals surface area (Å²) in [6.45, 7) is 17.1. The number of hydrogen-bond donors (Lipinski definition) is 8. The molecule has 0 amide bonds.